The minimum absolute atomic E-state index is 1.11. The Morgan fingerprint density at radius 1 is 0.281 bits per heavy atom. The monoisotopic (exact) mass is 830 g/mol. The van der Waals surface area contributed by atoms with Gasteiger partial charge in [0, 0.05) is 32.9 Å². The molecule has 2 heteroatoms. The van der Waals surface area contributed by atoms with Crippen LogP contribution in [0.2, 0.25) is 0 Å². The molecule has 0 unspecified atom stereocenters. The molecule has 0 aliphatic heterocycles. The van der Waals surface area contributed by atoms with Gasteiger partial charge >= 0.3 is 0 Å². The number of hydrogen-bond donors (Lipinski definition) is 0. The van der Waals surface area contributed by atoms with Crippen LogP contribution in [-0.2, 0) is 12.8 Å². The number of benzene rings is 10. The van der Waals surface area contributed by atoms with Crippen LogP contribution < -0.4 is 9.80 Å². The average molecular weight is 831 g/mol. The Balaban J connectivity index is 1.20. The van der Waals surface area contributed by atoms with E-state index in [1.807, 2.05) is 0 Å². The van der Waals surface area contributed by atoms with Crippen LogP contribution in [0.1, 0.15) is 76.3 Å². The maximum atomic E-state index is 2.51. The van der Waals surface area contributed by atoms with Crippen LogP contribution in [0.15, 0.2) is 194 Å². The van der Waals surface area contributed by atoms with Crippen molar-refractivity contribution in [2.45, 2.75) is 78.1 Å². The zero-order valence-corrected chi connectivity index (χ0v) is 37.4. The molecule has 0 aliphatic rings. The zero-order chi connectivity index (χ0) is 43.2. The van der Waals surface area contributed by atoms with Crippen LogP contribution in [0.25, 0.3) is 53.9 Å². The highest BCUT2D eigenvalue weighted by atomic mass is 15.2. The van der Waals surface area contributed by atoms with Gasteiger partial charge in [0.2, 0.25) is 0 Å². The Kier molecular flexibility index (Phi) is 12.1. The van der Waals surface area contributed by atoms with E-state index in [1.54, 1.807) is 0 Å². The van der Waals surface area contributed by atoms with Gasteiger partial charge in [-0.3, -0.25) is 0 Å². The molecule has 10 rings (SSSR count). The molecule has 64 heavy (non-hydrogen) atoms. The molecule has 0 fully saturated rings. The zero-order valence-electron chi connectivity index (χ0n) is 37.4. The molecule has 0 saturated heterocycles. The van der Waals surface area contributed by atoms with Crippen LogP contribution in [0.4, 0.5) is 34.1 Å². The molecule has 0 bridgehead atoms. The smallest absolute Gasteiger partial charge is 0.0546 e. The van der Waals surface area contributed by atoms with Crippen molar-refractivity contribution >= 4 is 88.0 Å². The SMILES string of the molecule is CCCCCCc1ccc(N(c2cccc3ccccc23)c2cc3c4ccccc4c(N(c4ccc(CCCCCC)cc4)c4cccc5ccccc45)cc3c3ccccc23)cc1. The van der Waals surface area contributed by atoms with E-state index in [-0.39, 0.29) is 0 Å². The van der Waals surface area contributed by atoms with Crippen LogP contribution >= 0.6 is 0 Å². The van der Waals surface area contributed by atoms with Crippen LogP contribution in [0.5, 0.6) is 0 Å². The van der Waals surface area contributed by atoms with E-state index in [4.69, 9.17) is 0 Å². The van der Waals surface area contributed by atoms with E-state index >= 15 is 0 Å². The average Bonchev–Trinajstić information content (AvgIpc) is 3.35. The number of nitrogens with zero attached hydrogens (tertiary/aromatic N) is 2. The highest BCUT2D eigenvalue weighted by Crippen LogP contribution is 2.49. The summed E-state index contributed by atoms with van der Waals surface area (Å²) in [5, 5.41) is 12.3. The van der Waals surface area contributed by atoms with Crippen LogP contribution in [0.3, 0.4) is 0 Å². The molecule has 0 spiro atoms. The standard InChI is InChI=1S/C62H58N2/c1-3-5-7-9-21-45-35-39-49(40-36-45)63(59-33-19-25-47-23-11-13-27-51(47)59)61-43-57-54-30-16-18-32-56(54)62(44-58(57)53-29-15-17-31-55(53)61)64(60-34-20-26-48-24-12-14-28-52(48)60)50-41-37-46(38-42-50)22-10-8-6-4-2/h11-20,23-44H,3-10,21-22H2,1-2H3. The highest BCUT2D eigenvalue weighted by molar-refractivity contribution is 6.25. The fourth-order valence-corrected chi connectivity index (χ4v) is 10.0. The fourth-order valence-electron chi connectivity index (χ4n) is 10.0. The molecule has 10 aromatic rings. The second-order valence-electron chi connectivity index (χ2n) is 17.6. The Labute approximate surface area is 379 Å². The molecule has 316 valence electrons. The molecule has 0 N–H and O–H groups in total. The third kappa shape index (κ3) is 8.10. The maximum absolute atomic E-state index is 2.51. The molecule has 0 aliphatic carbocycles. The van der Waals surface area contributed by atoms with Gasteiger partial charge in [0.05, 0.1) is 22.7 Å². The molecule has 0 heterocycles. The van der Waals surface area contributed by atoms with Crippen molar-refractivity contribution in [3.05, 3.63) is 205 Å². The number of unbranched alkanes of at least 4 members (excludes halogenated alkanes) is 6. The van der Waals surface area contributed by atoms with Crippen molar-refractivity contribution in [3.63, 3.8) is 0 Å². The van der Waals surface area contributed by atoms with E-state index in [2.05, 4.69) is 218 Å². The molecule has 0 amide bonds. The number of anilines is 6. The number of aryl methyl sites for hydroxylation is 2. The number of rotatable bonds is 16. The van der Waals surface area contributed by atoms with Gasteiger partial charge in [-0.2, -0.15) is 0 Å². The summed E-state index contributed by atoms with van der Waals surface area (Å²) >= 11 is 0. The predicted octanol–water partition coefficient (Wildman–Crippen LogP) is 18.6. The van der Waals surface area contributed by atoms with Gasteiger partial charge in [0.25, 0.3) is 0 Å². The van der Waals surface area contributed by atoms with Gasteiger partial charge < -0.3 is 9.80 Å². The van der Waals surface area contributed by atoms with Crippen molar-refractivity contribution in [3.8, 4) is 0 Å². The van der Waals surface area contributed by atoms with Crippen LogP contribution in [0, 0.1) is 0 Å². The summed E-state index contributed by atoms with van der Waals surface area (Å²) < 4.78 is 0. The second kappa shape index (κ2) is 18.8. The number of fused-ring (bicyclic) bond motifs is 7. The first-order chi connectivity index (χ1) is 31.7. The first-order valence-electron chi connectivity index (χ1n) is 23.8. The normalized spacial score (nSPS) is 11.6. The minimum atomic E-state index is 1.11. The van der Waals surface area contributed by atoms with Gasteiger partial charge in [-0.1, -0.05) is 198 Å². The predicted molar refractivity (Wildman–Crippen MR) is 279 cm³/mol. The summed E-state index contributed by atoms with van der Waals surface area (Å²) in [6.07, 6.45) is 12.4. The van der Waals surface area contributed by atoms with Gasteiger partial charge in [-0.05, 0) is 118 Å². The lowest BCUT2D eigenvalue weighted by molar-refractivity contribution is 0.667. The summed E-state index contributed by atoms with van der Waals surface area (Å²) in [7, 11) is 0. The third-order valence-electron chi connectivity index (χ3n) is 13.4. The summed E-state index contributed by atoms with van der Waals surface area (Å²) in [6, 6.07) is 72.9. The molecular formula is C62H58N2. The molecule has 0 atom stereocenters. The quantitative estimate of drug-likeness (QED) is 0.0707. The third-order valence-corrected chi connectivity index (χ3v) is 13.4. The van der Waals surface area contributed by atoms with Crippen molar-refractivity contribution in [1.82, 2.24) is 0 Å². The topological polar surface area (TPSA) is 6.48 Å². The van der Waals surface area contributed by atoms with Crippen molar-refractivity contribution in [2.24, 2.45) is 0 Å². The summed E-state index contributed by atoms with van der Waals surface area (Å²) in [5.41, 5.74) is 9.83. The van der Waals surface area contributed by atoms with E-state index in [1.165, 1.54) is 139 Å². The largest absolute Gasteiger partial charge is 0.309 e. The Morgan fingerprint density at radius 2 is 0.641 bits per heavy atom. The Bertz CT molecular complexity index is 2970. The van der Waals surface area contributed by atoms with Gasteiger partial charge in [-0.15, -0.1) is 0 Å². The lowest BCUT2D eigenvalue weighted by atomic mass is 9.93. The first kappa shape index (κ1) is 41.1. The van der Waals surface area contributed by atoms with E-state index in [9.17, 15) is 0 Å². The summed E-state index contributed by atoms with van der Waals surface area (Å²) in [4.78, 5) is 5.03. The van der Waals surface area contributed by atoms with Crippen molar-refractivity contribution in [1.29, 1.82) is 0 Å². The van der Waals surface area contributed by atoms with E-state index in [0.29, 0.717) is 0 Å². The molecular weight excluding hydrogens is 773 g/mol. The number of hydrogen-bond acceptors (Lipinski definition) is 2. The van der Waals surface area contributed by atoms with Crippen molar-refractivity contribution < 1.29 is 0 Å². The lowest BCUT2D eigenvalue weighted by Gasteiger charge is -2.31. The van der Waals surface area contributed by atoms with Gasteiger partial charge in [0.15, 0.2) is 0 Å². The van der Waals surface area contributed by atoms with E-state index < -0.39 is 0 Å². The molecule has 10 aromatic carbocycles. The lowest BCUT2D eigenvalue weighted by Crippen LogP contribution is -2.12. The minimum Gasteiger partial charge on any atom is -0.309 e. The molecule has 0 aromatic heterocycles. The second-order valence-corrected chi connectivity index (χ2v) is 17.6. The van der Waals surface area contributed by atoms with Crippen LogP contribution in [-0.4, -0.2) is 0 Å². The Hall–Kier alpha value is -6.90. The Morgan fingerprint density at radius 3 is 1.05 bits per heavy atom. The summed E-state index contributed by atoms with van der Waals surface area (Å²) in [6.45, 7) is 4.57. The van der Waals surface area contributed by atoms with Gasteiger partial charge in [0.1, 0.15) is 0 Å². The van der Waals surface area contributed by atoms with Crippen molar-refractivity contribution in [2.75, 3.05) is 9.80 Å². The fraction of sp³-hybridized carbons (Fsp3) is 0.194. The first-order valence-corrected chi connectivity index (χ1v) is 23.8. The molecule has 0 saturated carbocycles. The summed E-state index contributed by atoms with van der Waals surface area (Å²) in [5.74, 6) is 0. The molecule has 0 radical (unpaired) electrons. The molecule has 2 nitrogen and oxygen atoms in total. The van der Waals surface area contributed by atoms with E-state index in [0.717, 1.165) is 24.2 Å². The van der Waals surface area contributed by atoms with Gasteiger partial charge in [-0.25, -0.2) is 0 Å². The maximum Gasteiger partial charge on any atom is 0.0546 e. The highest BCUT2D eigenvalue weighted by Gasteiger charge is 2.23.